The van der Waals surface area contributed by atoms with Crippen molar-refractivity contribution in [3.8, 4) is 5.75 Å². The van der Waals surface area contributed by atoms with Crippen molar-refractivity contribution >= 4 is 28.9 Å². The lowest BCUT2D eigenvalue weighted by Gasteiger charge is -2.39. The van der Waals surface area contributed by atoms with E-state index in [1.165, 1.54) is 16.2 Å². The van der Waals surface area contributed by atoms with Crippen molar-refractivity contribution < 1.29 is 32.6 Å². The SMILES string of the molecule is COc1ccc(CN2C(=O)CCC(n3c(=O)n(C)c4c(C5CCN(C(=O)OC(C)(C)C)CC5(F)F)cccc43)C2=O)cc1. The highest BCUT2D eigenvalue weighted by Gasteiger charge is 2.48. The number of nitrogens with zero attached hydrogens (tertiary/aromatic N) is 4. The van der Waals surface area contributed by atoms with E-state index in [1.807, 2.05) is 0 Å². The van der Waals surface area contributed by atoms with Gasteiger partial charge >= 0.3 is 11.8 Å². The summed E-state index contributed by atoms with van der Waals surface area (Å²) in [5, 5.41) is 0. The number of imidazole rings is 1. The molecular formula is C31H36F2N4O6. The predicted octanol–water partition coefficient (Wildman–Crippen LogP) is 4.60. The molecule has 1 aromatic heterocycles. The van der Waals surface area contributed by atoms with E-state index in [1.54, 1.807) is 70.3 Å². The van der Waals surface area contributed by atoms with Crippen LogP contribution in [-0.2, 0) is 27.9 Å². The number of fused-ring (bicyclic) bond motifs is 1. The minimum atomic E-state index is -3.30. The van der Waals surface area contributed by atoms with Gasteiger partial charge in [-0.3, -0.25) is 23.6 Å². The van der Waals surface area contributed by atoms with E-state index in [2.05, 4.69) is 0 Å². The second-order valence-electron chi connectivity index (χ2n) is 12.2. The number of aromatic nitrogens is 2. The van der Waals surface area contributed by atoms with Crippen LogP contribution in [0.15, 0.2) is 47.3 Å². The van der Waals surface area contributed by atoms with Crippen molar-refractivity contribution in [2.75, 3.05) is 20.2 Å². The molecule has 2 fully saturated rings. The first-order valence-electron chi connectivity index (χ1n) is 14.2. The molecule has 0 N–H and O–H groups in total. The zero-order chi connectivity index (χ0) is 31.3. The first kappa shape index (κ1) is 30.2. The van der Waals surface area contributed by atoms with Gasteiger partial charge in [0.05, 0.1) is 37.2 Å². The summed E-state index contributed by atoms with van der Waals surface area (Å²) >= 11 is 0. The third-order valence-corrected chi connectivity index (χ3v) is 8.06. The second-order valence-corrected chi connectivity index (χ2v) is 12.2. The van der Waals surface area contributed by atoms with Crippen LogP contribution in [0.4, 0.5) is 13.6 Å². The molecule has 0 bridgehead atoms. The number of methoxy groups -OCH3 is 1. The smallest absolute Gasteiger partial charge is 0.410 e. The third-order valence-electron chi connectivity index (χ3n) is 8.06. The van der Waals surface area contributed by atoms with E-state index in [9.17, 15) is 19.2 Å². The molecule has 2 aromatic carbocycles. The second kappa shape index (κ2) is 11.1. The summed E-state index contributed by atoms with van der Waals surface area (Å²) in [6.45, 7) is 4.29. The number of imide groups is 1. The number of hydrogen-bond donors (Lipinski definition) is 0. The fourth-order valence-electron chi connectivity index (χ4n) is 6.00. The lowest BCUT2D eigenvalue weighted by Crippen LogP contribution is -2.51. The van der Waals surface area contributed by atoms with Crippen LogP contribution >= 0.6 is 0 Å². The molecule has 2 atom stereocenters. The summed E-state index contributed by atoms with van der Waals surface area (Å²) in [4.78, 5) is 54.8. The number of ether oxygens (including phenoxy) is 2. The topological polar surface area (TPSA) is 103 Å². The molecule has 10 nitrogen and oxygen atoms in total. The molecular weight excluding hydrogens is 562 g/mol. The Labute approximate surface area is 247 Å². The average Bonchev–Trinajstić information content (AvgIpc) is 3.19. The van der Waals surface area contributed by atoms with E-state index < -0.39 is 47.7 Å². The fourth-order valence-corrected chi connectivity index (χ4v) is 6.00. The molecule has 0 saturated carbocycles. The Morgan fingerprint density at radius 3 is 2.37 bits per heavy atom. The number of para-hydroxylation sites is 1. The normalized spacial score (nSPS) is 20.9. The van der Waals surface area contributed by atoms with Crippen LogP contribution in [0.3, 0.4) is 0 Å². The maximum absolute atomic E-state index is 15.7. The van der Waals surface area contributed by atoms with Crippen LogP contribution in [0.2, 0.25) is 0 Å². The van der Waals surface area contributed by atoms with E-state index in [4.69, 9.17) is 9.47 Å². The lowest BCUT2D eigenvalue weighted by atomic mass is 9.85. The number of rotatable bonds is 5. The van der Waals surface area contributed by atoms with Crippen molar-refractivity contribution in [2.24, 2.45) is 7.05 Å². The van der Waals surface area contributed by atoms with E-state index in [0.717, 1.165) is 15.4 Å². The molecule has 2 unspecified atom stereocenters. The van der Waals surface area contributed by atoms with Gasteiger partial charge in [-0.2, -0.15) is 0 Å². The van der Waals surface area contributed by atoms with Gasteiger partial charge in [-0.25, -0.2) is 18.4 Å². The number of piperidine rings is 2. The number of carbonyl (C=O) groups excluding carboxylic acids is 3. The Bertz CT molecular complexity index is 1620. The van der Waals surface area contributed by atoms with Crippen molar-refractivity contribution in [1.82, 2.24) is 18.9 Å². The van der Waals surface area contributed by atoms with Crippen molar-refractivity contribution in [2.45, 2.75) is 70.1 Å². The van der Waals surface area contributed by atoms with E-state index >= 15 is 8.78 Å². The van der Waals surface area contributed by atoms with Gasteiger partial charge in [0.1, 0.15) is 17.4 Å². The highest BCUT2D eigenvalue weighted by atomic mass is 19.3. The molecule has 3 aromatic rings. The van der Waals surface area contributed by atoms with Crippen LogP contribution in [0.5, 0.6) is 5.75 Å². The molecule has 5 rings (SSSR count). The highest BCUT2D eigenvalue weighted by molar-refractivity contribution is 6.00. The standard InChI is InChI=1S/C31H36F2N4O6/c1-30(2,3)43-29(41)35-16-15-22(31(32,33)18-35)21-7-6-8-23-26(21)34(4)28(40)37(23)24-13-14-25(38)36(27(24)39)17-19-9-11-20(42-5)12-10-19/h6-12,22,24H,13-18H2,1-5H3. The summed E-state index contributed by atoms with van der Waals surface area (Å²) in [5.74, 6) is -4.81. The molecule has 2 aliphatic rings. The number of amides is 3. The van der Waals surface area contributed by atoms with Gasteiger partial charge in [0.15, 0.2) is 0 Å². The lowest BCUT2D eigenvalue weighted by molar-refractivity contribution is -0.151. The Balaban J connectivity index is 1.46. The minimum absolute atomic E-state index is 0.0331. The van der Waals surface area contributed by atoms with Gasteiger partial charge in [-0.1, -0.05) is 24.3 Å². The fraction of sp³-hybridized carbons (Fsp3) is 0.484. The summed E-state index contributed by atoms with van der Waals surface area (Å²) in [7, 11) is 3.03. The van der Waals surface area contributed by atoms with E-state index in [0.29, 0.717) is 16.8 Å². The maximum Gasteiger partial charge on any atom is 0.410 e. The molecule has 0 radical (unpaired) electrons. The number of alkyl halides is 2. The number of aryl methyl sites for hydroxylation is 1. The quantitative estimate of drug-likeness (QED) is 0.398. The van der Waals surface area contributed by atoms with Crippen LogP contribution in [0.1, 0.15) is 63.1 Å². The van der Waals surface area contributed by atoms with Crippen LogP contribution < -0.4 is 10.4 Å². The third kappa shape index (κ3) is 5.74. The van der Waals surface area contributed by atoms with Gasteiger partial charge < -0.3 is 14.4 Å². The van der Waals surface area contributed by atoms with Crippen molar-refractivity contribution in [3.05, 3.63) is 64.1 Å². The molecule has 0 spiro atoms. The van der Waals surface area contributed by atoms with Gasteiger partial charge in [0, 0.05) is 20.0 Å². The summed E-state index contributed by atoms with van der Waals surface area (Å²) < 4.78 is 44.4. The zero-order valence-electron chi connectivity index (χ0n) is 24.9. The molecule has 0 aliphatic carbocycles. The molecule has 43 heavy (non-hydrogen) atoms. The first-order valence-corrected chi connectivity index (χ1v) is 14.2. The molecule has 3 amide bonds. The minimum Gasteiger partial charge on any atom is -0.497 e. The summed E-state index contributed by atoms with van der Waals surface area (Å²) in [6, 6.07) is 10.8. The molecule has 230 valence electrons. The van der Waals surface area contributed by atoms with Crippen LogP contribution in [0, 0.1) is 0 Å². The number of hydrogen-bond acceptors (Lipinski definition) is 6. The molecule has 2 aliphatic heterocycles. The van der Waals surface area contributed by atoms with Gasteiger partial charge in [0.2, 0.25) is 5.91 Å². The molecule has 12 heteroatoms. The van der Waals surface area contributed by atoms with Crippen LogP contribution in [0.25, 0.3) is 11.0 Å². The average molecular weight is 599 g/mol. The van der Waals surface area contributed by atoms with Gasteiger partial charge in [0.25, 0.3) is 11.8 Å². The predicted molar refractivity (Wildman–Crippen MR) is 154 cm³/mol. The van der Waals surface area contributed by atoms with E-state index in [-0.39, 0.29) is 43.8 Å². The Kier molecular flexibility index (Phi) is 7.82. The van der Waals surface area contributed by atoms with Gasteiger partial charge in [-0.15, -0.1) is 0 Å². The molecule has 2 saturated heterocycles. The number of halogens is 2. The van der Waals surface area contributed by atoms with Gasteiger partial charge in [-0.05, 0) is 62.9 Å². The Hall–Kier alpha value is -4.22. The number of carbonyl (C=O) groups is 3. The van der Waals surface area contributed by atoms with Crippen LogP contribution in [-0.4, -0.2) is 68.6 Å². The maximum atomic E-state index is 15.7. The number of likely N-dealkylation sites (tertiary alicyclic amines) is 2. The molecule has 3 heterocycles. The first-order chi connectivity index (χ1) is 20.2. The Morgan fingerprint density at radius 1 is 1.05 bits per heavy atom. The highest BCUT2D eigenvalue weighted by Crippen LogP contribution is 2.43. The Morgan fingerprint density at radius 2 is 1.74 bits per heavy atom. The number of benzene rings is 2. The summed E-state index contributed by atoms with van der Waals surface area (Å²) in [5.41, 5.74) is 0.270. The summed E-state index contributed by atoms with van der Waals surface area (Å²) in [6.07, 6.45) is -0.676. The van der Waals surface area contributed by atoms with Crippen molar-refractivity contribution in [3.63, 3.8) is 0 Å². The van der Waals surface area contributed by atoms with Crippen molar-refractivity contribution in [1.29, 1.82) is 0 Å². The monoisotopic (exact) mass is 598 g/mol. The largest absolute Gasteiger partial charge is 0.497 e. The zero-order valence-corrected chi connectivity index (χ0v) is 24.9.